The highest BCUT2D eigenvalue weighted by atomic mass is 35.5. The lowest BCUT2D eigenvalue weighted by molar-refractivity contribution is -0.132. The van der Waals surface area contributed by atoms with E-state index in [2.05, 4.69) is 5.10 Å². The summed E-state index contributed by atoms with van der Waals surface area (Å²) in [6.45, 7) is 1.92. The monoisotopic (exact) mass is 256 g/mol. The van der Waals surface area contributed by atoms with Gasteiger partial charge in [-0.2, -0.15) is 5.10 Å². The number of likely N-dealkylation sites (tertiary alicyclic amines) is 1. The number of amides is 1. The smallest absolute Gasteiger partial charge is 0.244 e. The van der Waals surface area contributed by atoms with Crippen molar-refractivity contribution in [2.75, 3.05) is 18.8 Å². The zero-order chi connectivity index (χ0) is 12.3. The predicted molar refractivity (Wildman–Crippen MR) is 66.7 cm³/mol. The van der Waals surface area contributed by atoms with Gasteiger partial charge in [-0.05, 0) is 12.8 Å². The Morgan fingerprint density at radius 1 is 1.35 bits per heavy atom. The van der Waals surface area contributed by atoms with Crippen molar-refractivity contribution in [1.82, 2.24) is 14.7 Å². The van der Waals surface area contributed by atoms with E-state index in [9.17, 15) is 4.79 Å². The lowest BCUT2D eigenvalue weighted by Gasteiger charge is -2.20. The highest BCUT2D eigenvalue weighted by Gasteiger charge is 2.16. The number of nitrogens with two attached hydrogens (primary N) is 1. The summed E-state index contributed by atoms with van der Waals surface area (Å²) in [6, 6.07) is 0. The molecule has 17 heavy (non-hydrogen) atoms. The molecule has 0 bridgehead atoms. The van der Waals surface area contributed by atoms with E-state index in [-0.39, 0.29) is 18.3 Å². The van der Waals surface area contributed by atoms with Crippen molar-refractivity contribution in [3.05, 3.63) is 11.2 Å². The highest BCUT2D eigenvalue weighted by molar-refractivity contribution is 6.32. The summed E-state index contributed by atoms with van der Waals surface area (Å²) in [5.74, 6) is 0.362. The Bertz CT molecular complexity index is 377. The van der Waals surface area contributed by atoms with Crippen molar-refractivity contribution < 1.29 is 4.79 Å². The summed E-state index contributed by atoms with van der Waals surface area (Å²) in [5.41, 5.74) is 5.53. The van der Waals surface area contributed by atoms with E-state index in [0.29, 0.717) is 5.02 Å². The van der Waals surface area contributed by atoms with Crippen LogP contribution in [-0.2, 0) is 11.3 Å². The number of anilines is 1. The van der Waals surface area contributed by atoms with Crippen molar-refractivity contribution in [2.24, 2.45) is 0 Å². The number of aromatic nitrogens is 2. The molecule has 0 saturated carbocycles. The quantitative estimate of drug-likeness (QED) is 0.873. The summed E-state index contributed by atoms with van der Waals surface area (Å²) < 4.78 is 1.50. The molecule has 0 spiro atoms. The third-order valence-corrected chi connectivity index (χ3v) is 3.29. The molecule has 0 aromatic carbocycles. The minimum atomic E-state index is 0.0890. The minimum Gasteiger partial charge on any atom is -0.381 e. The molecule has 1 saturated heterocycles. The van der Waals surface area contributed by atoms with Gasteiger partial charge < -0.3 is 10.6 Å². The minimum absolute atomic E-state index is 0.0890. The molecule has 1 aliphatic heterocycles. The highest BCUT2D eigenvalue weighted by Crippen LogP contribution is 2.16. The molecule has 1 amide bonds. The van der Waals surface area contributed by atoms with E-state index in [1.54, 1.807) is 6.20 Å². The standard InChI is InChI=1S/C11H17ClN4O/c12-9-7-16(14-11(9)13)8-10(17)15-5-3-1-2-4-6-15/h7H,1-6,8H2,(H2,13,14). The zero-order valence-corrected chi connectivity index (χ0v) is 10.5. The lowest BCUT2D eigenvalue weighted by Crippen LogP contribution is -2.34. The second-order valence-corrected chi connectivity index (χ2v) is 4.76. The second-order valence-electron chi connectivity index (χ2n) is 4.35. The molecule has 2 heterocycles. The Kier molecular flexibility index (Phi) is 3.89. The molecular weight excluding hydrogens is 240 g/mol. The Morgan fingerprint density at radius 2 is 2.00 bits per heavy atom. The summed E-state index contributed by atoms with van der Waals surface area (Å²) in [4.78, 5) is 13.9. The molecule has 94 valence electrons. The van der Waals surface area contributed by atoms with Gasteiger partial charge in [0.1, 0.15) is 11.6 Å². The van der Waals surface area contributed by atoms with Crippen molar-refractivity contribution in [2.45, 2.75) is 32.2 Å². The average Bonchev–Trinajstić information content (AvgIpc) is 2.54. The first-order valence-electron chi connectivity index (χ1n) is 5.93. The van der Waals surface area contributed by atoms with E-state index >= 15 is 0 Å². The van der Waals surface area contributed by atoms with Crippen LogP contribution in [0.15, 0.2) is 6.20 Å². The Balaban J connectivity index is 1.95. The maximum Gasteiger partial charge on any atom is 0.244 e. The fourth-order valence-electron chi connectivity index (χ4n) is 2.05. The third kappa shape index (κ3) is 3.12. The van der Waals surface area contributed by atoms with Gasteiger partial charge in [0.05, 0.1) is 0 Å². The number of halogens is 1. The molecule has 6 heteroatoms. The van der Waals surface area contributed by atoms with Crippen molar-refractivity contribution >= 4 is 23.3 Å². The van der Waals surface area contributed by atoms with E-state index in [1.165, 1.54) is 17.5 Å². The number of hydrogen-bond donors (Lipinski definition) is 1. The predicted octanol–water partition coefficient (Wildman–Crippen LogP) is 1.52. The molecule has 1 aromatic rings. The first kappa shape index (κ1) is 12.2. The summed E-state index contributed by atoms with van der Waals surface area (Å²) in [5, 5.41) is 4.38. The topological polar surface area (TPSA) is 64.1 Å². The Labute approximate surface area is 106 Å². The molecule has 1 fully saturated rings. The zero-order valence-electron chi connectivity index (χ0n) is 9.73. The van der Waals surface area contributed by atoms with E-state index in [4.69, 9.17) is 17.3 Å². The van der Waals surface area contributed by atoms with Gasteiger partial charge in [0.2, 0.25) is 5.91 Å². The molecule has 0 unspecified atom stereocenters. The second kappa shape index (κ2) is 5.40. The number of hydrogen-bond acceptors (Lipinski definition) is 3. The summed E-state index contributed by atoms with van der Waals surface area (Å²) in [6.07, 6.45) is 6.20. The van der Waals surface area contributed by atoms with Gasteiger partial charge in [-0.15, -0.1) is 0 Å². The number of carbonyl (C=O) groups excluding carboxylic acids is 1. The van der Waals surface area contributed by atoms with Crippen LogP contribution in [0, 0.1) is 0 Å². The average molecular weight is 257 g/mol. The van der Waals surface area contributed by atoms with Gasteiger partial charge in [-0.25, -0.2) is 0 Å². The normalized spacial score (nSPS) is 16.9. The van der Waals surface area contributed by atoms with Crippen molar-refractivity contribution in [1.29, 1.82) is 0 Å². The Hall–Kier alpha value is -1.23. The molecule has 0 radical (unpaired) electrons. The first-order valence-corrected chi connectivity index (χ1v) is 6.31. The van der Waals surface area contributed by atoms with Gasteiger partial charge in [0.25, 0.3) is 0 Å². The summed E-state index contributed by atoms with van der Waals surface area (Å²) >= 11 is 5.79. The molecule has 1 aliphatic rings. The number of rotatable bonds is 2. The molecule has 2 rings (SSSR count). The molecule has 2 N–H and O–H groups in total. The molecule has 0 aliphatic carbocycles. The number of carbonyl (C=O) groups is 1. The van der Waals surface area contributed by atoms with Crippen molar-refractivity contribution in [3.63, 3.8) is 0 Å². The maximum absolute atomic E-state index is 12.0. The van der Waals surface area contributed by atoms with E-state index in [0.717, 1.165) is 25.9 Å². The van der Waals surface area contributed by atoms with Crippen LogP contribution in [-0.4, -0.2) is 33.7 Å². The van der Waals surface area contributed by atoms with E-state index < -0.39 is 0 Å². The Morgan fingerprint density at radius 3 is 2.53 bits per heavy atom. The molecule has 0 atom stereocenters. The third-order valence-electron chi connectivity index (χ3n) is 3.00. The van der Waals surface area contributed by atoms with Crippen LogP contribution < -0.4 is 5.73 Å². The van der Waals surface area contributed by atoms with Crippen LogP contribution in [0.1, 0.15) is 25.7 Å². The molecule has 5 nitrogen and oxygen atoms in total. The van der Waals surface area contributed by atoms with Crippen LogP contribution in [0.5, 0.6) is 0 Å². The van der Waals surface area contributed by atoms with Crippen molar-refractivity contribution in [3.8, 4) is 0 Å². The SMILES string of the molecule is Nc1nn(CC(=O)N2CCCCCC2)cc1Cl. The largest absolute Gasteiger partial charge is 0.381 e. The first-order chi connectivity index (χ1) is 8.16. The van der Waals surface area contributed by atoms with Gasteiger partial charge in [0.15, 0.2) is 5.82 Å². The van der Waals surface area contributed by atoms with Gasteiger partial charge in [-0.1, -0.05) is 24.4 Å². The van der Waals surface area contributed by atoms with Gasteiger partial charge in [-0.3, -0.25) is 9.48 Å². The van der Waals surface area contributed by atoms with E-state index in [1.807, 2.05) is 4.90 Å². The van der Waals surface area contributed by atoms with Gasteiger partial charge >= 0.3 is 0 Å². The summed E-state index contributed by atoms with van der Waals surface area (Å²) in [7, 11) is 0. The van der Waals surface area contributed by atoms with Crippen LogP contribution >= 0.6 is 11.6 Å². The molecular formula is C11H17ClN4O. The van der Waals surface area contributed by atoms with Crippen LogP contribution in [0.3, 0.4) is 0 Å². The van der Waals surface area contributed by atoms with Crippen LogP contribution in [0.25, 0.3) is 0 Å². The number of nitrogen functional groups attached to an aromatic ring is 1. The number of nitrogens with zero attached hydrogens (tertiary/aromatic N) is 3. The maximum atomic E-state index is 12.0. The lowest BCUT2D eigenvalue weighted by atomic mass is 10.2. The van der Waals surface area contributed by atoms with Crippen LogP contribution in [0.2, 0.25) is 5.02 Å². The van der Waals surface area contributed by atoms with Gasteiger partial charge in [0, 0.05) is 19.3 Å². The fourth-order valence-corrected chi connectivity index (χ4v) is 2.20. The fraction of sp³-hybridized carbons (Fsp3) is 0.636. The van der Waals surface area contributed by atoms with Crippen LogP contribution in [0.4, 0.5) is 5.82 Å². The molecule has 1 aromatic heterocycles.